The fraction of sp³-hybridized carbons (Fsp3) is 0.769. The van der Waals surface area contributed by atoms with E-state index in [9.17, 15) is 0 Å². The van der Waals surface area contributed by atoms with Crippen molar-refractivity contribution in [3.05, 3.63) is 18.0 Å². The molecule has 1 aromatic rings. The van der Waals surface area contributed by atoms with Gasteiger partial charge in [-0.3, -0.25) is 9.58 Å². The van der Waals surface area contributed by atoms with Crippen molar-refractivity contribution in [2.24, 2.45) is 0 Å². The first-order chi connectivity index (χ1) is 7.99. The standard InChI is InChI=1S/C13H24N4/c1-11(2)17-7-5-12(15-17)9-16-8-6-14-10-13(16,3)4/h5,7,11,14H,6,8-10H2,1-4H3. The minimum Gasteiger partial charge on any atom is -0.314 e. The van der Waals surface area contributed by atoms with Crippen LogP contribution in [0.4, 0.5) is 0 Å². The average Bonchev–Trinajstić information content (AvgIpc) is 2.70. The Kier molecular flexibility index (Phi) is 3.54. The van der Waals surface area contributed by atoms with E-state index in [0.29, 0.717) is 6.04 Å². The van der Waals surface area contributed by atoms with Gasteiger partial charge in [0.05, 0.1) is 5.69 Å². The van der Waals surface area contributed by atoms with Gasteiger partial charge in [0.25, 0.3) is 0 Å². The van der Waals surface area contributed by atoms with Gasteiger partial charge in [0.15, 0.2) is 0 Å². The van der Waals surface area contributed by atoms with E-state index in [1.165, 1.54) is 5.69 Å². The molecule has 1 N–H and O–H groups in total. The predicted octanol–water partition coefficient (Wildman–Crippen LogP) is 1.65. The Hall–Kier alpha value is -0.870. The summed E-state index contributed by atoms with van der Waals surface area (Å²) in [4.78, 5) is 2.51. The minimum atomic E-state index is 0.222. The molecule has 0 unspecified atom stereocenters. The Morgan fingerprint density at radius 2 is 2.24 bits per heavy atom. The van der Waals surface area contributed by atoms with Gasteiger partial charge >= 0.3 is 0 Å². The van der Waals surface area contributed by atoms with Crippen LogP contribution in [0, 0.1) is 0 Å². The number of rotatable bonds is 3. The number of hydrogen-bond donors (Lipinski definition) is 1. The van der Waals surface area contributed by atoms with E-state index in [1.54, 1.807) is 0 Å². The van der Waals surface area contributed by atoms with Gasteiger partial charge in [-0.15, -0.1) is 0 Å². The van der Waals surface area contributed by atoms with Gasteiger partial charge in [0.1, 0.15) is 0 Å². The monoisotopic (exact) mass is 236 g/mol. The molecule has 0 atom stereocenters. The van der Waals surface area contributed by atoms with Crippen LogP contribution in [0.15, 0.2) is 12.3 Å². The van der Waals surface area contributed by atoms with Gasteiger partial charge in [-0.25, -0.2) is 0 Å². The Balaban J connectivity index is 2.04. The summed E-state index contributed by atoms with van der Waals surface area (Å²) in [6, 6.07) is 2.58. The van der Waals surface area contributed by atoms with Crippen molar-refractivity contribution in [1.29, 1.82) is 0 Å². The maximum atomic E-state index is 4.62. The molecular formula is C13H24N4. The third-order valence-corrected chi connectivity index (χ3v) is 3.52. The summed E-state index contributed by atoms with van der Waals surface area (Å²) in [5, 5.41) is 8.07. The lowest BCUT2D eigenvalue weighted by molar-refractivity contribution is 0.0811. The van der Waals surface area contributed by atoms with Crippen molar-refractivity contribution in [3.8, 4) is 0 Å². The van der Waals surface area contributed by atoms with Gasteiger partial charge in [-0.05, 0) is 33.8 Å². The summed E-state index contributed by atoms with van der Waals surface area (Å²) in [5.74, 6) is 0. The molecule has 1 aliphatic rings. The average molecular weight is 236 g/mol. The van der Waals surface area contributed by atoms with Gasteiger partial charge in [0, 0.05) is 44.0 Å². The zero-order valence-electron chi connectivity index (χ0n) is 11.4. The quantitative estimate of drug-likeness (QED) is 0.866. The topological polar surface area (TPSA) is 33.1 Å². The molecule has 0 radical (unpaired) electrons. The summed E-state index contributed by atoms with van der Waals surface area (Å²) in [5.41, 5.74) is 1.40. The zero-order valence-corrected chi connectivity index (χ0v) is 11.4. The summed E-state index contributed by atoms with van der Waals surface area (Å²) < 4.78 is 2.03. The molecule has 4 nitrogen and oxygen atoms in total. The molecule has 0 spiro atoms. The van der Waals surface area contributed by atoms with Crippen molar-refractivity contribution < 1.29 is 0 Å². The fourth-order valence-corrected chi connectivity index (χ4v) is 2.26. The number of nitrogens with one attached hydrogen (secondary N) is 1. The number of nitrogens with zero attached hydrogens (tertiary/aromatic N) is 3. The number of hydrogen-bond acceptors (Lipinski definition) is 3. The highest BCUT2D eigenvalue weighted by Gasteiger charge is 2.29. The molecule has 0 amide bonds. The molecule has 1 aliphatic heterocycles. The molecule has 0 saturated carbocycles. The Morgan fingerprint density at radius 1 is 1.47 bits per heavy atom. The normalized spacial score (nSPS) is 21.0. The highest BCUT2D eigenvalue weighted by molar-refractivity contribution is 5.02. The van der Waals surface area contributed by atoms with Crippen LogP contribution in [0.1, 0.15) is 39.4 Å². The Morgan fingerprint density at radius 3 is 2.82 bits per heavy atom. The molecule has 2 heterocycles. The van der Waals surface area contributed by atoms with Crippen molar-refractivity contribution in [2.75, 3.05) is 19.6 Å². The lowest BCUT2D eigenvalue weighted by atomic mass is 10.00. The molecule has 0 aromatic carbocycles. The predicted molar refractivity (Wildman–Crippen MR) is 70.0 cm³/mol. The number of piperazine rings is 1. The molecule has 2 rings (SSSR count). The van der Waals surface area contributed by atoms with Crippen molar-refractivity contribution in [3.63, 3.8) is 0 Å². The molecular weight excluding hydrogens is 212 g/mol. The highest BCUT2D eigenvalue weighted by atomic mass is 15.3. The van der Waals surface area contributed by atoms with E-state index >= 15 is 0 Å². The largest absolute Gasteiger partial charge is 0.314 e. The Labute approximate surface area is 104 Å². The molecule has 1 saturated heterocycles. The first kappa shape index (κ1) is 12.6. The SMILES string of the molecule is CC(C)n1ccc(CN2CCNCC2(C)C)n1. The van der Waals surface area contributed by atoms with E-state index in [2.05, 4.69) is 55.3 Å². The van der Waals surface area contributed by atoms with Crippen LogP contribution in [0.5, 0.6) is 0 Å². The highest BCUT2D eigenvalue weighted by Crippen LogP contribution is 2.19. The van der Waals surface area contributed by atoms with E-state index in [4.69, 9.17) is 0 Å². The zero-order chi connectivity index (χ0) is 12.5. The summed E-state index contributed by atoms with van der Waals surface area (Å²) in [6.45, 7) is 13.1. The Bertz CT molecular complexity index is 367. The molecule has 17 heavy (non-hydrogen) atoms. The summed E-state index contributed by atoms with van der Waals surface area (Å²) in [7, 11) is 0. The van der Waals surface area contributed by atoms with E-state index in [1.807, 2.05) is 4.68 Å². The molecule has 0 aliphatic carbocycles. The molecule has 1 aromatic heterocycles. The second kappa shape index (κ2) is 4.78. The van der Waals surface area contributed by atoms with E-state index in [0.717, 1.165) is 26.2 Å². The van der Waals surface area contributed by atoms with Gasteiger partial charge in [-0.2, -0.15) is 5.10 Å². The second-order valence-electron chi connectivity index (χ2n) is 5.79. The second-order valence-corrected chi connectivity index (χ2v) is 5.79. The summed E-state index contributed by atoms with van der Waals surface area (Å²) in [6.07, 6.45) is 2.08. The van der Waals surface area contributed by atoms with Crippen molar-refractivity contribution in [2.45, 2.75) is 45.8 Å². The van der Waals surface area contributed by atoms with Crippen molar-refractivity contribution in [1.82, 2.24) is 20.0 Å². The molecule has 1 fully saturated rings. The lowest BCUT2D eigenvalue weighted by Crippen LogP contribution is -2.57. The third-order valence-electron chi connectivity index (χ3n) is 3.52. The molecule has 0 bridgehead atoms. The van der Waals surface area contributed by atoms with Crippen LogP contribution >= 0.6 is 0 Å². The third kappa shape index (κ3) is 2.87. The summed E-state index contributed by atoms with van der Waals surface area (Å²) >= 11 is 0. The molecule has 96 valence electrons. The minimum absolute atomic E-state index is 0.222. The lowest BCUT2D eigenvalue weighted by Gasteiger charge is -2.42. The van der Waals surface area contributed by atoms with Crippen LogP contribution < -0.4 is 5.32 Å². The maximum Gasteiger partial charge on any atom is 0.0765 e. The maximum absolute atomic E-state index is 4.62. The molecule has 4 heteroatoms. The first-order valence-electron chi connectivity index (χ1n) is 6.49. The first-order valence-corrected chi connectivity index (χ1v) is 6.49. The fourth-order valence-electron chi connectivity index (χ4n) is 2.26. The van der Waals surface area contributed by atoms with Crippen LogP contribution in [0.3, 0.4) is 0 Å². The van der Waals surface area contributed by atoms with Gasteiger partial charge < -0.3 is 5.32 Å². The van der Waals surface area contributed by atoms with Crippen LogP contribution in [0.25, 0.3) is 0 Å². The van der Waals surface area contributed by atoms with Crippen molar-refractivity contribution >= 4 is 0 Å². The van der Waals surface area contributed by atoms with E-state index in [-0.39, 0.29) is 5.54 Å². The van der Waals surface area contributed by atoms with Gasteiger partial charge in [0.2, 0.25) is 0 Å². The van der Waals surface area contributed by atoms with Crippen LogP contribution in [-0.4, -0.2) is 39.9 Å². The van der Waals surface area contributed by atoms with Crippen LogP contribution in [-0.2, 0) is 6.54 Å². The van der Waals surface area contributed by atoms with E-state index < -0.39 is 0 Å². The van der Waals surface area contributed by atoms with Gasteiger partial charge in [-0.1, -0.05) is 0 Å². The number of aromatic nitrogens is 2. The smallest absolute Gasteiger partial charge is 0.0765 e. The van der Waals surface area contributed by atoms with Crippen LogP contribution in [0.2, 0.25) is 0 Å².